The largest absolute Gasteiger partial charge is 0.343 e. The van der Waals surface area contributed by atoms with Gasteiger partial charge in [0.15, 0.2) is 0 Å². The third-order valence-corrected chi connectivity index (χ3v) is 5.61. The molecule has 0 radical (unpaired) electrons. The van der Waals surface area contributed by atoms with Crippen LogP contribution in [0.2, 0.25) is 0 Å². The lowest BCUT2D eigenvalue weighted by Gasteiger charge is -2.26. The Kier molecular flexibility index (Phi) is 20.2. The molecule has 0 aromatic heterocycles. The van der Waals surface area contributed by atoms with E-state index < -0.39 is 23.9 Å². The molecule has 37 heavy (non-hydrogen) atoms. The van der Waals surface area contributed by atoms with Gasteiger partial charge in [-0.05, 0) is 33.6 Å². The Bertz CT molecular complexity index is 575. The lowest BCUT2D eigenvalue weighted by Crippen LogP contribution is -2.38. The van der Waals surface area contributed by atoms with Gasteiger partial charge >= 0.3 is 23.9 Å². The summed E-state index contributed by atoms with van der Waals surface area (Å²) in [6.07, 6.45) is 0.614. The van der Waals surface area contributed by atoms with Gasteiger partial charge in [0, 0.05) is 52.4 Å². The van der Waals surface area contributed by atoms with Crippen LogP contribution in [0.1, 0.15) is 32.1 Å². The predicted octanol–water partition coefficient (Wildman–Crippen LogP) is -0.531. The average molecular weight is 541 g/mol. The molecule has 0 heterocycles. The van der Waals surface area contributed by atoms with Crippen molar-refractivity contribution in [2.75, 3.05) is 79.5 Å². The van der Waals surface area contributed by atoms with E-state index in [1.54, 1.807) is 0 Å². The standard InChI is InChI=1S/C21H40N4O12/c1-22(14-16-24(10-4-18(26)34-30)11-5-19(27)35-31)8-3-9-23(2)15-17-25(12-6-20(28)36-32)13-7-21(29)37-33/h30-33H,3-17H2,1-2H3. The number of rotatable bonds is 22. The number of hydrogen-bond acceptors (Lipinski definition) is 16. The molecule has 0 atom stereocenters. The van der Waals surface area contributed by atoms with Gasteiger partial charge in [-0.25, -0.2) is 19.2 Å². The average Bonchev–Trinajstić information content (AvgIpc) is 2.90. The minimum Gasteiger partial charge on any atom is -0.305 e. The SMILES string of the molecule is CN(CCCN(C)CCN(CCC(=O)OO)CCC(=O)OO)CCN(CCC(=O)OO)CCC(=O)OO. The van der Waals surface area contributed by atoms with E-state index in [1.165, 1.54) is 0 Å². The summed E-state index contributed by atoms with van der Waals surface area (Å²) in [5.74, 6) is -3.14. The van der Waals surface area contributed by atoms with Gasteiger partial charge in [0.2, 0.25) is 0 Å². The van der Waals surface area contributed by atoms with Gasteiger partial charge in [-0.2, -0.15) is 21.0 Å². The van der Waals surface area contributed by atoms with Crippen molar-refractivity contribution in [3.63, 3.8) is 0 Å². The van der Waals surface area contributed by atoms with E-state index >= 15 is 0 Å². The van der Waals surface area contributed by atoms with Crippen LogP contribution in [0.15, 0.2) is 0 Å². The summed E-state index contributed by atoms with van der Waals surface area (Å²) in [4.78, 5) is 67.3. The molecule has 0 saturated carbocycles. The van der Waals surface area contributed by atoms with E-state index in [-0.39, 0.29) is 51.9 Å². The van der Waals surface area contributed by atoms with E-state index in [0.717, 1.165) is 19.5 Å². The number of hydrogen-bond donors (Lipinski definition) is 4. The molecule has 0 fully saturated rings. The van der Waals surface area contributed by atoms with Crippen molar-refractivity contribution in [2.24, 2.45) is 0 Å². The molecule has 0 aliphatic heterocycles. The quantitative estimate of drug-likeness (QED) is 0.0775. The van der Waals surface area contributed by atoms with Crippen LogP contribution in [0.3, 0.4) is 0 Å². The van der Waals surface area contributed by atoms with Crippen LogP contribution in [0.4, 0.5) is 0 Å². The first-order valence-corrected chi connectivity index (χ1v) is 11.8. The topological polar surface area (TPSA) is 199 Å². The first kappa shape index (κ1) is 34.6. The fourth-order valence-electron chi connectivity index (χ4n) is 3.31. The van der Waals surface area contributed by atoms with Crippen LogP contribution in [-0.2, 0) is 38.7 Å². The fourth-order valence-corrected chi connectivity index (χ4v) is 3.31. The van der Waals surface area contributed by atoms with Crippen molar-refractivity contribution in [3.8, 4) is 0 Å². The molecule has 0 spiro atoms. The second kappa shape index (κ2) is 21.6. The van der Waals surface area contributed by atoms with E-state index in [2.05, 4.69) is 29.4 Å². The van der Waals surface area contributed by atoms with Gasteiger partial charge in [-0.15, -0.1) is 0 Å². The Morgan fingerprint density at radius 1 is 0.459 bits per heavy atom. The molecule has 0 aliphatic rings. The number of nitrogens with zero attached hydrogens (tertiary/aromatic N) is 4. The smallest absolute Gasteiger partial charge is 0.305 e. The van der Waals surface area contributed by atoms with Crippen LogP contribution >= 0.6 is 0 Å². The minimum atomic E-state index is -0.786. The van der Waals surface area contributed by atoms with Gasteiger partial charge < -0.3 is 39.1 Å². The number of carbonyl (C=O) groups excluding carboxylic acids is 4. The molecule has 16 heteroatoms. The zero-order chi connectivity index (χ0) is 28.1. The molecule has 16 nitrogen and oxygen atoms in total. The lowest BCUT2D eigenvalue weighted by molar-refractivity contribution is -0.235. The summed E-state index contributed by atoms with van der Waals surface area (Å²) in [6, 6.07) is 0. The van der Waals surface area contributed by atoms with E-state index in [1.807, 2.05) is 23.9 Å². The van der Waals surface area contributed by atoms with Crippen molar-refractivity contribution in [1.82, 2.24) is 19.6 Å². The monoisotopic (exact) mass is 540 g/mol. The molecule has 0 unspecified atom stereocenters. The van der Waals surface area contributed by atoms with Crippen molar-refractivity contribution < 1.29 is 59.8 Å². The summed E-state index contributed by atoms with van der Waals surface area (Å²) in [5, 5.41) is 33.6. The molecule has 0 bridgehead atoms. The lowest BCUT2D eigenvalue weighted by atomic mass is 10.3. The Hall–Kier alpha value is -2.44. The summed E-state index contributed by atoms with van der Waals surface area (Å²) in [5.41, 5.74) is 0. The molecule has 4 N–H and O–H groups in total. The van der Waals surface area contributed by atoms with E-state index in [9.17, 15) is 19.2 Å². The van der Waals surface area contributed by atoms with Crippen molar-refractivity contribution in [2.45, 2.75) is 32.1 Å². The summed E-state index contributed by atoms with van der Waals surface area (Å²) < 4.78 is 0. The maximum absolute atomic E-state index is 11.2. The molecule has 0 aromatic rings. The number of likely N-dealkylation sites (N-methyl/N-ethyl adjacent to an activating group) is 2. The molecule has 0 aromatic carbocycles. The highest BCUT2D eigenvalue weighted by molar-refractivity contribution is 5.70. The fraction of sp³-hybridized carbons (Fsp3) is 0.810. The Morgan fingerprint density at radius 2 is 0.730 bits per heavy atom. The predicted molar refractivity (Wildman–Crippen MR) is 126 cm³/mol. The molecule has 0 amide bonds. The molecule has 0 aliphatic carbocycles. The van der Waals surface area contributed by atoms with Gasteiger partial charge in [-0.3, -0.25) is 0 Å². The van der Waals surface area contributed by atoms with Crippen molar-refractivity contribution in [3.05, 3.63) is 0 Å². The maximum atomic E-state index is 11.2. The molecule has 0 saturated heterocycles. The highest BCUT2D eigenvalue weighted by Gasteiger charge is 2.15. The molecular formula is C21H40N4O12. The molecule has 216 valence electrons. The first-order valence-electron chi connectivity index (χ1n) is 11.8. The third kappa shape index (κ3) is 19.4. The van der Waals surface area contributed by atoms with Gasteiger partial charge in [0.05, 0.1) is 25.7 Å². The van der Waals surface area contributed by atoms with Crippen LogP contribution < -0.4 is 0 Å². The van der Waals surface area contributed by atoms with Crippen LogP contribution in [0, 0.1) is 0 Å². The van der Waals surface area contributed by atoms with Crippen LogP contribution in [-0.4, -0.2) is 144 Å². The third-order valence-electron chi connectivity index (χ3n) is 5.61. The Labute approximate surface area is 215 Å². The normalized spacial score (nSPS) is 11.3. The number of carbonyl (C=O) groups is 4. The van der Waals surface area contributed by atoms with E-state index in [4.69, 9.17) is 21.0 Å². The van der Waals surface area contributed by atoms with Gasteiger partial charge in [0.1, 0.15) is 0 Å². The highest BCUT2D eigenvalue weighted by atomic mass is 17.1. The van der Waals surface area contributed by atoms with Crippen molar-refractivity contribution in [1.29, 1.82) is 0 Å². The van der Waals surface area contributed by atoms with E-state index in [0.29, 0.717) is 26.2 Å². The zero-order valence-corrected chi connectivity index (χ0v) is 21.5. The Balaban J connectivity index is 4.42. The highest BCUT2D eigenvalue weighted by Crippen LogP contribution is 2.01. The van der Waals surface area contributed by atoms with Crippen LogP contribution in [0.25, 0.3) is 0 Å². The van der Waals surface area contributed by atoms with Gasteiger partial charge in [0.25, 0.3) is 0 Å². The van der Waals surface area contributed by atoms with Crippen LogP contribution in [0.5, 0.6) is 0 Å². The zero-order valence-electron chi connectivity index (χ0n) is 21.5. The summed E-state index contributed by atoms with van der Waals surface area (Å²) in [6.45, 7) is 4.93. The van der Waals surface area contributed by atoms with Crippen molar-refractivity contribution >= 4 is 23.9 Å². The Morgan fingerprint density at radius 3 is 0.973 bits per heavy atom. The first-order chi connectivity index (χ1) is 17.6. The summed E-state index contributed by atoms with van der Waals surface area (Å²) >= 11 is 0. The summed E-state index contributed by atoms with van der Waals surface area (Å²) in [7, 11) is 3.87. The second-order valence-corrected chi connectivity index (χ2v) is 8.50. The van der Waals surface area contributed by atoms with Gasteiger partial charge in [-0.1, -0.05) is 0 Å². The second-order valence-electron chi connectivity index (χ2n) is 8.50. The molecule has 0 rings (SSSR count). The maximum Gasteiger partial charge on any atom is 0.343 e. The molecular weight excluding hydrogens is 500 g/mol. The minimum absolute atomic E-state index is 0.0570.